The van der Waals surface area contributed by atoms with Crippen LogP contribution >= 0.6 is 0 Å². The fraction of sp³-hybridized carbons (Fsp3) is 0. The van der Waals surface area contributed by atoms with Crippen molar-refractivity contribution in [3.05, 3.63) is 36.0 Å². The van der Waals surface area contributed by atoms with Crippen molar-refractivity contribution in [2.45, 2.75) is 0 Å². The van der Waals surface area contributed by atoms with Gasteiger partial charge in [0.1, 0.15) is 0 Å². The fourth-order valence-electron chi connectivity index (χ4n) is 1.11. The molecule has 0 spiro atoms. The molecule has 0 fully saturated rings. The number of aromatic nitrogens is 2. The van der Waals surface area contributed by atoms with Gasteiger partial charge in [0.2, 0.25) is 6.29 Å². The first-order valence-corrected chi connectivity index (χ1v) is 3.50. The molecule has 0 N–H and O–H groups in total. The molecule has 57 valence electrons. The Kier molecular flexibility index (Phi) is 1.55. The molecule has 1 radical (unpaired) electrons. The lowest BCUT2D eigenvalue weighted by atomic mass is 10.1. The van der Waals surface area contributed by atoms with E-state index in [2.05, 4.69) is 10.2 Å². The molecule has 3 heteroatoms. The van der Waals surface area contributed by atoms with E-state index in [1.54, 1.807) is 24.4 Å². The Hall–Kier alpha value is -1.77. The molecule has 0 bridgehead atoms. The molecule has 1 heterocycles. The molecule has 0 unspecified atom stereocenters. The Morgan fingerprint density at radius 3 is 3.00 bits per heavy atom. The number of benzene rings is 1. The van der Waals surface area contributed by atoms with Crippen LogP contribution in [0.3, 0.4) is 0 Å². The maximum atomic E-state index is 10.4. The molecule has 0 saturated heterocycles. The van der Waals surface area contributed by atoms with E-state index in [1.165, 1.54) is 0 Å². The quantitative estimate of drug-likeness (QED) is 0.622. The lowest BCUT2D eigenvalue weighted by molar-refractivity contribution is 0.563. The summed E-state index contributed by atoms with van der Waals surface area (Å²) < 4.78 is 0. The molecule has 12 heavy (non-hydrogen) atoms. The first-order valence-electron chi connectivity index (χ1n) is 3.50. The van der Waals surface area contributed by atoms with Gasteiger partial charge in [-0.3, -0.25) is 4.79 Å². The molecule has 3 nitrogen and oxygen atoms in total. The highest BCUT2D eigenvalue weighted by Gasteiger charge is 1.99. The van der Waals surface area contributed by atoms with E-state index in [0.717, 1.165) is 10.9 Å². The van der Waals surface area contributed by atoms with Crippen molar-refractivity contribution in [1.82, 2.24) is 10.2 Å². The number of rotatable bonds is 1. The van der Waals surface area contributed by atoms with Crippen molar-refractivity contribution in [3.63, 3.8) is 0 Å². The third-order valence-corrected chi connectivity index (χ3v) is 1.67. The summed E-state index contributed by atoms with van der Waals surface area (Å²) in [4.78, 5) is 10.4. The van der Waals surface area contributed by atoms with Gasteiger partial charge in [-0.1, -0.05) is 12.1 Å². The maximum Gasteiger partial charge on any atom is 0.234 e. The Morgan fingerprint density at radius 1 is 1.25 bits per heavy atom. The van der Waals surface area contributed by atoms with E-state index in [9.17, 15) is 4.79 Å². The van der Waals surface area contributed by atoms with E-state index in [4.69, 9.17) is 0 Å². The van der Waals surface area contributed by atoms with Crippen molar-refractivity contribution in [2.24, 2.45) is 0 Å². The molecule has 0 aliphatic carbocycles. The summed E-state index contributed by atoms with van der Waals surface area (Å²) in [7, 11) is 0. The van der Waals surface area contributed by atoms with Crippen molar-refractivity contribution in [2.75, 3.05) is 0 Å². The van der Waals surface area contributed by atoms with Crippen LogP contribution in [0.15, 0.2) is 30.5 Å². The van der Waals surface area contributed by atoms with Gasteiger partial charge in [0.25, 0.3) is 0 Å². The molecule has 0 saturated carbocycles. The summed E-state index contributed by atoms with van der Waals surface area (Å²) in [5.41, 5.74) is 1.25. The standard InChI is InChI=1S/C9H5N2O/c12-6-7-2-1-3-9-8(7)4-5-10-11-9/h1-5H. The van der Waals surface area contributed by atoms with E-state index in [0.29, 0.717) is 5.56 Å². The van der Waals surface area contributed by atoms with Gasteiger partial charge in [-0.25, -0.2) is 0 Å². The van der Waals surface area contributed by atoms with Crippen LogP contribution in [-0.2, 0) is 4.79 Å². The van der Waals surface area contributed by atoms with Crippen LogP contribution in [0.25, 0.3) is 10.9 Å². The molecular weight excluding hydrogens is 152 g/mol. The fourth-order valence-corrected chi connectivity index (χ4v) is 1.11. The largest absolute Gasteiger partial charge is 0.285 e. The number of hydrogen-bond donors (Lipinski definition) is 0. The third-order valence-electron chi connectivity index (χ3n) is 1.67. The predicted octanol–water partition coefficient (Wildman–Crippen LogP) is 1.09. The second kappa shape index (κ2) is 2.70. The second-order valence-corrected chi connectivity index (χ2v) is 2.37. The van der Waals surface area contributed by atoms with Crippen molar-refractivity contribution in [1.29, 1.82) is 0 Å². The molecule has 0 aliphatic heterocycles. The van der Waals surface area contributed by atoms with Gasteiger partial charge in [0, 0.05) is 10.9 Å². The summed E-state index contributed by atoms with van der Waals surface area (Å²) in [6.07, 6.45) is 3.41. The molecule has 2 aromatic rings. The van der Waals surface area contributed by atoms with Crippen LogP contribution in [-0.4, -0.2) is 16.5 Å². The van der Waals surface area contributed by atoms with Crippen LogP contribution in [0.2, 0.25) is 0 Å². The first-order chi connectivity index (χ1) is 5.92. The predicted molar refractivity (Wildman–Crippen MR) is 44.3 cm³/mol. The summed E-state index contributed by atoms with van der Waals surface area (Å²) in [5, 5.41) is 8.36. The minimum atomic E-state index is 0.530. The lowest BCUT2D eigenvalue weighted by Gasteiger charge is -1.95. The van der Waals surface area contributed by atoms with E-state index in [1.807, 2.05) is 12.4 Å². The Balaban J connectivity index is 2.88. The van der Waals surface area contributed by atoms with Crippen molar-refractivity contribution >= 4 is 17.2 Å². The minimum absolute atomic E-state index is 0.530. The molecule has 2 rings (SSSR count). The van der Waals surface area contributed by atoms with E-state index < -0.39 is 0 Å². The number of carbonyl (C=O) groups excluding carboxylic acids is 1. The summed E-state index contributed by atoms with van der Waals surface area (Å²) in [6.45, 7) is 0. The molecule has 0 amide bonds. The van der Waals surface area contributed by atoms with Gasteiger partial charge in [0.05, 0.1) is 11.7 Å². The average Bonchev–Trinajstić information content (AvgIpc) is 2.17. The first kappa shape index (κ1) is 6.91. The monoisotopic (exact) mass is 157 g/mol. The molecule has 0 atom stereocenters. The molecule has 1 aromatic carbocycles. The zero-order valence-corrected chi connectivity index (χ0v) is 6.19. The van der Waals surface area contributed by atoms with Crippen molar-refractivity contribution in [3.8, 4) is 0 Å². The molecule has 0 aliphatic rings. The van der Waals surface area contributed by atoms with Gasteiger partial charge >= 0.3 is 0 Å². The topological polar surface area (TPSA) is 42.9 Å². The van der Waals surface area contributed by atoms with Crippen LogP contribution in [0.4, 0.5) is 0 Å². The minimum Gasteiger partial charge on any atom is -0.285 e. The maximum absolute atomic E-state index is 10.4. The lowest BCUT2D eigenvalue weighted by Crippen LogP contribution is -1.87. The zero-order valence-electron chi connectivity index (χ0n) is 6.19. The Bertz CT molecular complexity index is 420. The van der Waals surface area contributed by atoms with E-state index in [-0.39, 0.29) is 0 Å². The van der Waals surface area contributed by atoms with Gasteiger partial charge < -0.3 is 0 Å². The van der Waals surface area contributed by atoms with Crippen molar-refractivity contribution < 1.29 is 4.79 Å². The van der Waals surface area contributed by atoms with E-state index >= 15 is 0 Å². The highest BCUT2D eigenvalue weighted by atomic mass is 16.1. The smallest absolute Gasteiger partial charge is 0.234 e. The van der Waals surface area contributed by atoms with Gasteiger partial charge in [-0.05, 0) is 12.1 Å². The number of hydrogen-bond acceptors (Lipinski definition) is 3. The summed E-state index contributed by atoms with van der Waals surface area (Å²) in [6, 6.07) is 7.03. The zero-order chi connectivity index (χ0) is 8.39. The van der Waals surface area contributed by atoms with Crippen LogP contribution in [0.5, 0.6) is 0 Å². The number of fused-ring (bicyclic) bond motifs is 1. The normalized spacial score (nSPS) is 10.0. The van der Waals surface area contributed by atoms with Crippen LogP contribution in [0, 0.1) is 0 Å². The van der Waals surface area contributed by atoms with Gasteiger partial charge in [-0.2, -0.15) is 10.2 Å². The van der Waals surface area contributed by atoms with Crippen LogP contribution < -0.4 is 0 Å². The molecular formula is C9H5N2O. The summed E-state index contributed by atoms with van der Waals surface area (Å²) in [5.74, 6) is 0. The highest BCUT2D eigenvalue weighted by molar-refractivity contribution is 5.96. The van der Waals surface area contributed by atoms with Crippen LogP contribution in [0.1, 0.15) is 5.56 Å². The Morgan fingerprint density at radius 2 is 2.17 bits per heavy atom. The second-order valence-electron chi connectivity index (χ2n) is 2.37. The average molecular weight is 157 g/mol. The third kappa shape index (κ3) is 0.955. The molecule has 1 aromatic heterocycles. The number of nitrogens with zero attached hydrogens (tertiary/aromatic N) is 2. The van der Waals surface area contributed by atoms with Gasteiger partial charge in [0.15, 0.2) is 0 Å². The SMILES string of the molecule is O=[C]c1cccc2nnccc12. The Labute approximate surface area is 69.0 Å². The highest BCUT2D eigenvalue weighted by Crippen LogP contribution is 2.12. The van der Waals surface area contributed by atoms with Gasteiger partial charge in [-0.15, -0.1) is 0 Å². The summed E-state index contributed by atoms with van der Waals surface area (Å²) >= 11 is 0.